The molecule has 0 saturated carbocycles. The fourth-order valence-electron chi connectivity index (χ4n) is 3.04. The molecule has 0 atom stereocenters. The van der Waals surface area contributed by atoms with Crippen molar-refractivity contribution in [3.05, 3.63) is 77.4 Å². The first-order valence-corrected chi connectivity index (χ1v) is 11.0. The molecule has 0 aliphatic rings. The quantitative estimate of drug-likeness (QED) is 0.173. The molecule has 4 N–H and O–H groups in total. The molecule has 0 spiro atoms. The lowest BCUT2D eigenvalue weighted by molar-refractivity contribution is -0.137. The van der Waals surface area contributed by atoms with Crippen LogP contribution < -0.4 is 21.3 Å². The predicted octanol–water partition coefficient (Wildman–Crippen LogP) is 3.83. The predicted molar refractivity (Wildman–Crippen MR) is 127 cm³/mol. The van der Waals surface area contributed by atoms with Crippen LogP contribution in [0.2, 0.25) is 0 Å². The summed E-state index contributed by atoms with van der Waals surface area (Å²) in [4.78, 5) is 31.8. The van der Waals surface area contributed by atoms with E-state index in [0.717, 1.165) is 12.1 Å². The van der Waals surface area contributed by atoms with Gasteiger partial charge in [0.25, 0.3) is 5.91 Å². The highest BCUT2D eigenvalue weighted by molar-refractivity contribution is 5.93. The van der Waals surface area contributed by atoms with Gasteiger partial charge >= 0.3 is 6.18 Å². The first-order valence-electron chi connectivity index (χ1n) is 11.0. The molecule has 1 heterocycles. The van der Waals surface area contributed by atoms with E-state index in [9.17, 15) is 27.2 Å². The Bertz CT molecular complexity index is 1200. The van der Waals surface area contributed by atoms with Gasteiger partial charge in [-0.2, -0.15) is 13.2 Å². The molecule has 0 aliphatic carbocycles. The lowest BCUT2D eigenvalue weighted by atomic mass is 10.1. The molecule has 196 valence electrons. The van der Waals surface area contributed by atoms with Crippen molar-refractivity contribution in [2.45, 2.75) is 19.1 Å². The average Bonchev–Trinajstić information content (AvgIpc) is 2.88. The average molecular weight is 520 g/mol. The highest BCUT2D eigenvalue weighted by atomic mass is 19.4. The standard InChI is InChI=1S/C24H24F4N6O3/c1-29-23-31-12-16(13-32-23)22(36)33-14-37-9-8-21(35)30-11-15-2-5-18(6-3-15)34-20-7-4-17(25)10-19(20)24(26,27)28/h2-7,10,12-13,34H,8-9,11,14H2,1H3,(H,30,35)(H,33,36)(H,29,31,32). The first-order chi connectivity index (χ1) is 17.7. The van der Waals surface area contributed by atoms with Gasteiger partial charge in [-0.1, -0.05) is 12.1 Å². The molecule has 0 fully saturated rings. The molecule has 0 unspecified atom stereocenters. The van der Waals surface area contributed by atoms with E-state index >= 15 is 0 Å². The Morgan fingerprint density at radius 2 is 1.70 bits per heavy atom. The molecule has 13 heteroatoms. The Kier molecular flexibility index (Phi) is 9.33. The summed E-state index contributed by atoms with van der Waals surface area (Å²) in [7, 11) is 1.66. The number of hydrogen-bond donors (Lipinski definition) is 4. The maximum absolute atomic E-state index is 13.3. The van der Waals surface area contributed by atoms with Crippen LogP contribution in [0.25, 0.3) is 0 Å². The Morgan fingerprint density at radius 3 is 2.35 bits per heavy atom. The number of carbonyl (C=O) groups is 2. The number of nitrogens with one attached hydrogen (secondary N) is 4. The van der Waals surface area contributed by atoms with Crippen molar-refractivity contribution in [3.63, 3.8) is 0 Å². The van der Waals surface area contributed by atoms with Gasteiger partial charge in [-0.05, 0) is 35.9 Å². The zero-order chi connectivity index (χ0) is 26.8. The van der Waals surface area contributed by atoms with Crippen LogP contribution in [0.15, 0.2) is 54.9 Å². The second-order valence-corrected chi connectivity index (χ2v) is 7.64. The zero-order valence-corrected chi connectivity index (χ0v) is 19.7. The topological polar surface area (TPSA) is 117 Å². The van der Waals surface area contributed by atoms with Gasteiger partial charge in [0.05, 0.1) is 29.8 Å². The molecule has 2 aromatic carbocycles. The molecule has 0 aliphatic heterocycles. The van der Waals surface area contributed by atoms with Gasteiger partial charge in [-0.15, -0.1) is 0 Å². The number of benzene rings is 2. The summed E-state index contributed by atoms with van der Waals surface area (Å²) in [5.74, 6) is -1.30. The van der Waals surface area contributed by atoms with Gasteiger partial charge in [0.15, 0.2) is 0 Å². The molecular formula is C24H24F4N6O3. The lowest BCUT2D eigenvalue weighted by Crippen LogP contribution is -2.28. The lowest BCUT2D eigenvalue weighted by Gasteiger charge is -2.15. The van der Waals surface area contributed by atoms with E-state index in [2.05, 4.69) is 31.2 Å². The summed E-state index contributed by atoms with van der Waals surface area (Å²) < 4.78 is 58.0. The third kappa shape index (κ3) is 8.42. The van der Waals surface area contributed by atoms with Crippen LogP contribution in [0.3, 0.4) is 0 Å². The Hall–Kier alpha value is -4.26. The maximum Gasteiger partial charge on any atom is 0.418 e. The number of amides is 2. The summed E-state index contributed by atoms with van der Waals surface area (Å²) in [6, 6.07) is 8.77. The van der Waals surface area contributed by atoms with E-state index in [4.69, 9.17) is 4.74 Å². The number of ether oxygens (including phenoxy) is 1. The molecule has 2 amide bonds. The molecular weight excluding hydrogens is 496 g/mol. The normalized spacial score (nSPS) is 11.1. The van der Waals surface area contributed by atoms with Crippen molar-refractivity contribution in [1.29, 1.82) is 0 Å². The van der Waals surface area contributed by atoms with Crippen LogP contribution in [-0.4, -0.2) is 42.2 Å². The monoisotopic (exact) mass is 520 g/mol. The summed E-state index contributed by atoms with van der Waals surface area (Å²) in [5.41, 5.74) is -0.0325. The molecule has 9 nitrogen and oxygen atoms in total. The van der Waals surface area contributed by atoms with E-state index in [-0.39, 0.29) is 43.5 Å². The molecule has 3 rings (SSSR count). The second kappa shape index (κ2) is 12.6. The number of aromatic nitrogens is 2. The van der Waals surface area contributed by atoms with Crippen molar-refractivity contribution in [2.75, 3.05) is 31.0 Å². The number of nitrogens with zero attached hydrogens (tertiary/aromatic N) is 2. The fraction of sp³-hybridized carbons (Fsp3) is 0.250. The zero-order valence-electron chi connectivity index (χ0n) is 19.7. The number of rotatable bonds is 11. The van der Waals surface area contributed by atoms with E-state index in [1.165, 1.54) is 12.4 Å². The van der Waals surface area contributed by atoms with Gasteiger partial charge < -0.3 is 26.0 Å². The van der Waals surface area contributed by atoms with Gasteiger partial charge in [0.1, 0.15) is 12.5 Å². The van der Waals surface area contributed by atoms with E-state index < -0.39 is 23.5 Å². The van der Waals surface area contributed by atoms with Crippen LogP contribution in [0.5, 0.6) is 0 Å². The van der Waals surface area contributed by atoms with E-state index in [1.807, 2.05) is 0 Å². The van der Waals surface area contributed by atoms with Crippen LogP contribution in [0, 0.1) is 5.82 Å². The number of carbonyl (C=O) groups excluding carboxylic acids is 2. The largest absolute Gasteiger partial charge is 0.418 e. The van der Waals surface area contributed by atoms with Crippen molar-refractivity contribution in [2.24, 2.45) is 0 Å². The molecule has 1 aromatic heterocycles. The Labute approximate surface area is 209 Å². The van der Waals surface area contributed by atoms with Gasteiger partial charge in [0.2, 0.25) is 11.9 Å². The fourth-order valence-corrected chi connectivity index (χ4v) is 3.04. The first kappa shape index (κ1) is 27.3. The van der Waals surface area contributed by atoms with Crippen molar-refractivity contribution < 1.29 is 31.9 Å². The summed E-state index contributed by atoms with van der Waals surface area (Å²) in [5, 5.41) is 10.6. The van der Waals surface area contributed by atoms with Crippen LogP contribution >= 0.6 is 0 Å². The smallest absolute Gasteiger partial charge is 0.361 e. The maximum atomic E-state index is 13.3. The summed E-state index contributed by atoms with van der Waals surface area (Å²) in [6.45, 7) is 0.171. The number of halogens is 4. The molecule has 0 saturated heterocycles. The second-order valence-electron chi connectivity index (χ2n) is 7.64. The minimum absolute atomic E-state index is 0.0558. The Morgan fingerprint density at radius 1 is 1.00 bits per heavy atom. The van der Waals surface area contributed by atoms with Crippen molar-refractivity contribution >= 4 is 29.1 Å². The van der Waals surface area contributed by atoms with Gasteiger partial charge in [-0.3, -0.25) is 9.59 Å². The van der Waals surface area contributed by atoms with Crippen LogP contribution in [-0.2, 0) is 22.3 Å². The van der Waals surface area contributed by atoms with Gasteiger partial charge in [0, 0.05) is 31.7 Å². The SMILES string of the molecule is CNc1ncc(C(=O)NCOCCC(=O)NCc2ccc(Nc3ccc(F)cc3C(F)(F)F)cc2)cn1. The van der Waals surface area contributed by atoms with E-state index in [0.29, 0.717) is 23.3 Å². The third-order valence-corrected chi connectivity index (χ3v) is 4.96. The molecule has 0 radical (unpaired) electrons. The Balaban J connectivity index is 1.37. The van der Waals surface area contributed by atoms with Gasteiger partial charge in [-0.25, -0.2) is 14.4 Å². The minimum atomic E-state index is -4.71. The van der Waals surface area contributed by atoms with Crippen LogP contribution in [0.1, 0.15) is 27.9 Å². The third-order valence-electron chi connectivity index (χ3n) is 4.96. The van der Waals surface area contributed by atoms with Crippen molar-refractivity contribution in [3.8, 4) is 0 Å². The minimum Gasteiger partial charge on any atom is -0.361 e. The molecule has 0 bridgehead atoms. The summed E-state index contributed by atoms with van der Waals surface area (Å²) in [6.07, 6.45) is -1.92. The highest BCUT2D eigenvalue weighted by Gasteiger charge is 2.34. The molecule has 3 aromatic rings. The van der Waals surface area contributed by atoms with E-state index in [1.54, 1.807) is 31.3 Å². The highest BCUT2D eigenvalue weighted by Crippen LogP contribution is 2.36. The molecule has 37 heavy (non-hydrogen) atoms. The van der Waals surface area contributed by atoms with Crippen LogP contribution in [0.4, 0.5) is 34.9 Å². The number of anilines is 3. The summed E-state index contributed by atoms with van der Waals surface area (Å²) >= 11 is 0. The van der Waals surface area contributed by atoms with Crippen molar-refractivity contribution in [1.82, 2.24) is 20.6 Å². The number of hydrogen-bond acceptors (Lipinski definition) is 7. The number of alkyl halides is 3.